The molecule has 0 amide bonds. The summed E-state index contributed by atoms with van der Waals surface area (Å²) in [5.41, 5.74) is 6.04. The molecule has 0 spiro atoms. The van der Waals surface area contributed by atoms with E-state index in [4.69, 9.17) is 5.73 Å². The fraction of sp³-hybridized carbons (Fsp3) is 0.167. The Hall–Kier alpha value is -1.56. The van der Waals surface area contributed by atoms with E-state index >= 15 is 0 Å². The molecule has 0 atom stereocenters. The van der Waals surface area contributed by atoms with Crippen LogP contribution in [0.3, 0.4) is 0 Å². The van der Waals surface area contributed by atoms with Gasteiger partial charge in [-0.15, -0.1) is 24.8 Å². The molecule has 19 heavy (non-hydrogen) atoms. The molecule has 5 nitrogen and oxygen atoms in total. The van der Waals surface area contributed by atoms with Gasteiger partial charge in [-0.05, 0) is 11.5 Å². The van der Waals surface area contributed by atoms with Gasteiger partial charge in [0.05, 0.1) is 4.92 Å². The average molecular weight is 304 g/mol. The number of benzene rings is 2. The Bertz CT molecular complexity index is 564. The lowest BCUT2D eigenvalue weighted by molar-refractivity contribution is -0.383. The molecule has 2 aromatic carbocycles. The quantitative estimate of drug-likeness (QED) is 0.672. The van der Waals surface area contributed by atoms with E-state index in [0.29, 0.717) is 18.8 Å². The molecule has 0 aliphatic rings. The van der Waals surface area contributed by atoms with Crippen molar-refractivity contribution in [2.45, 2.75) is 0 Å². The van der Waals surface area contributed by atoms with Crippen molar-refractivity contribution < 1.29 is 4.92 Å². The minimum absolute atomic E-state index is 0. The molecule has 2 rings (SSSR count). The van der Waals surface area contributed by atoms with Gasteiger partial charge in [0.2, 0.25) is 0 Å². The molecule has 0 aliphatic heterocycles. The second-order valence-corrected chi connectivity index (χ2v) is 3.65. The second-order valence-electron chi connectivity index (χ2n) is 3.65. The molecule has 0 saturated heterocycles. The van der Waals surface area contributed by atoms with Gasteiger partial charge >= 0.3 is 0 Å². The van der Waals surface area contributed by atoms with E-state index in [2.05, 4.69) is 5.32 Å². The van der Waals surface area contributed by atoms with Gasteiger partial charge < -0.3 is 11.1 Å². The fourth-order valence-corrected chi connectivity index (χ4v) is 1.80. The van der Waals surface area contributed by atoms with Crippen LogP contribution < -0.4 is 11.1 Å². The van der Waals surface area contributed by atoms with Crippen LogP contribution in [0.15, 0.2) is 36.4 Å². The molecule has 0 aliphatic carbocycles. The van der Waals surface area contributed by atoms with Crippen molar-refractivity contribution in [2.75, 3.05) is 18.4 Å². The van der Waals surface area contributed by atoms with Crippen molar-refractivity contribution in [2.24, 2.45) is 5.73 Å². The number of nitrogens with two attached hydrogens (primary N) is 1. The van der Waals surface area contributed by atoms with Crippen molar-refractivity contribution in [3.63, 3.8) is 0 Å². The monoisotopic (exact) mass is 303 g/mol. The maximum absolute atomic E-state index is 11.0. The summed E-state index contributed by atoms with van der Waals surface area (Å²) in [5, 5.41) is 15.8. The van der Waals surface area contributed by atoms with Crippen LogP contribution in [0.2, 0.25) is 0 Å². The summed E-state index contributed by atoms with van der Waals surface area (Å²) in [7, 11) is 0. The molecule has 3 N–H and O–H groups in total. The molecule has 2 aromatic rings. The van der Waals surface area contributed by atoms with E-state index in [1.54, 1.807) is 6.07 Å². The van der Waals surface area contributed by atoms with Crippen LogP contribution >= 0.6 is 24.8 Å². The van der Waals surface area contributed by atoms with Crippen LogP contribution in [0.1, 0.15) is 0 Å². The largest absolute Gasteiger partial charge is 0.378 e. The molecule has 0 radical (unpaired) electrons. The van der Waals surface area contributed by atoms with Crippen molar-refractivity contribution in [3.05, 3.63) is 46.5 Å². The number of anilines is 1. The smallest absolute Gasteiger partial charge is 0.292 e. The van der Waals surface area contributed by atoms with Crippen molar-refractivity contribution in [1.82, 2.24) is 0 Å². The minimum atomic E-state index is -0.384. The normalized spacial score (nSPS) is 9.32. The summed E-state index contributed by atoms with van der Waals surface area (Å²) < 4.78 is 0. The molecule has 0 saturated carbocycles. The third-order valence-corrected chi connectivity index (χ3v) is 2.55. The lowest BCUT2D eigenvalue weighted by atomic mass is 10.1. The van der Waals surface area contributed by atoms with E-state index in [9.17, 15) is 10.1 Å². The number of halogens is 2. The first-order chi connectivity index (χ1) is 8.24. The molecule has 104 valence electrons. The Morgan fingerprint density at radius 1 is 1.16 bits per heavy atom. The molecule has 0 aromatic heterocycles. The van der Waals surface area contributed by atoms with E-state index in [0.717, 1.165) is 10.8 Å². The van der Waals surface area contributed by atoms with Crippen molar-refractivity contribution in [1.29, 1.82) is 0 Å². The van der Waals surface area contributed by atoms with Crippen LogP contribution in [0.25, 0.3) is 10.8 Å². The van der Waals surface area contributed by atoms with Gasteiger partial charge in [0, 0.05) is 24.5 Å². The Morgan fingerprint density at radius 2 is 1.84 bits per heavy atom. The summed E-state index contributed by atoms with van der Waals surface area (Å²) in [4.78, 5) is 10.6. The minimum Gasteiger partial charge on any atom is -0.378 e. The first-order valence-corrected chi connectivity index (χ1v) is 5.34. The van der Waals surface area contributed by atoms with E-state index in [1.165, 1.54) is 6.07 Å². The van der Waals surface area contributed by atoms with Gasteiger partial charge in [0.15, 0.2) is 0 Å². The zero-order valence-electron chi connectivity index (χ0n) is 10.0. The summed E-state index contributed by atoms with van der Waals surface area (Å²) in [6.45, 7) is 0.940. The standard InChI is InChI=1S/C12H13N3O2.2ClH/c13-7-8-14-12-10-4-2-1-3-9(10)5-6-11(12)15(16)17;;/h1-6,14H,7-8,13H2;2*1H. The van der Waals surface area contributed by atoms with Crippen LogP contribution in [0.4, 0.5) is 11.4 Å². The maximum atomic E-state index is 11.0. The summed E-state index contributed by atoms with van der Waals surface area (Å²) in [6, 6.07) is 10.8. The highest BCUT2D eigenvalue weighted by atomic mass is 35.5. The van der Waals surface area contributed by atoms with Crippen LogP contribution in [0, 0.1) is 10.1 Å². The maximum Gasteiger partial charge on any atom is 0.292 e. The number of nitrogens with one attached hydrogen (secondary N) is 1. The van der Waals surface area contributed by atoms with Crippen molar-refractivity contribution in [3.8, 4) is 0 Å². The Kier molecular flexibility index (Phi) is 7.14. The molecular weight excluding hydrogens is 289 g/mol. The lowest BCUT2D eigenvalue weighted by Gasteiger charge is -2.09. The molecular formula is C12H15Cl2N3O2. The van der Waals surface area contributed by atoms with E-state index in [-0.39, 0.29) is 35.4 Å². The topological polar surface area (TPSA) is 81.2 Å². The van der Waals surface area contributed by atoms with Crippen molar-refractivity contribution >= 4 is 47.0 Å². The van der Waals surface area contributed by atoms with Gasteiger partial charge in [0.25, 0.3) is 5.69 Å². The highest BCUT2D eigenvalue weighted by molar-refractivity contribution is 5.98. The fourth-order valence-electron chi connectivity index (χ4n) is 1.80. The SMILES string of the molecule is Cl.Cl.NCCNc1c([N+](=O)[O-])ccc2ccccc12. The van der Waals surface area contributed by atoms with Gasteiger partial charge in [-0.1, -0.05) is 24.3 Å². The number of fused-ring (bicyclic) bond motifs is 1. The summed E-state index contributed by atoms with van der Waals surface area (Å²) in [6.07, 6.45) is 0. The molecule has 7 heteroatoms. The second kappa shape index (κ2) is 7.78. The number of nitrogens with zero attached hydrogens (tertiary/aromatic N) is 1. The van der Waals surface area contributed by atoms with Gasteiger partial charge in [-0.2, -0.15) is 0 Å². The van der Waals surface area contributed by atoms with E-state index < -0.39 is 0 Å². The number of nitro benzene ring substituents is 1. The van der Waals surface area contributed by atoms with E-state index in [1.807, 2.05) is 24.3 Å². The summed E-state index contributed by atoms with van der Waals surface area (Å²) in [5.74, 6) is 0. The Balaban J connectivity index is 0.00000162. The first kappa shape index (κ1) is 17.4. The third kappa shape index (κ3) is 3.70. The molecule has 0 fully saturated rings. The number of rotatable bonds is 4. The molecule has 0 unspecified atom stereocenters. The lowest BCUT2D eigenvalue weighted by Crippen LogP contribution is -2.14. The zero-order chi connectivity index (χ0) is 12.3. The number of hydrogen-bond acceptors (Lipinski definition) is 4. The number of hydrogen-bond donors (Lipinski definition) is 2. The average Bonchev–Trinajstić information content (AvgIpc) is 2.35. The predicted octanol–water partition coefficient (Wildman–Crippen LogP) is 2.96. The summed E-state index contributed by atoms with van der Waals surface area (Å²) >= 11 is 0. The third-order valence-electron chi connectivity index (χ3n) is 2.55. The highest BCUT2D eigenvalue weighted by Gasteiger charge is 2.15. The van der Waals surface area contributed by atoms with Gasteiger partial charge in [-0.25, -0.2) is 0 Å². The van der Waals surface area contributed by atoms with Gasteiger partial charge in [-0.3, -0.25) is 10.1 Å². The zero-order valence-corrected chi connectivity index (χ0v) is 11.7. The van der Waals surface area contributed by atoms with Crippen LogP contribution in [-0.4, -0.2) is 18.0 Å². The molecule has 0 bridgehead atoms. The van der Waals surface area contributed by atoms with Crippen LogP contribution in [0.5, 0.6) is 0 Å². The predicted molar refractivity (Wildman–Crippen MR) is 82.6 cm³/mol. The van der Waals surface area contributed by atoms with Gasteiger partial charge in [0.1, 0.15) is 5.69 Å². The Morgan fingerprint density at radius 3 is 2.47 bits per heavy atom. The Labute approximate surface area is 123 Å². The molecule has 0 heterocycles. The first-order valence-electron chi connectivity index (χ1n) is 5.34. The van der Waals surface area contributed by atoms with Crippen LogP contribution in [-0.2, 0) is 0 Å². The highest BCUT2D eigenvalue weighted by Crippen LogP contribution is 2.32. The number of nitro groups is 1.